The first-order chi connectivity index (χ1) is 10.6. The van der Waals surface area contributed by atoms with E-state index in [0.29, 0.717) is 19.3 Å². The molecule has 4 rings (SSSR count). The number of aromatic amines is 1. The van der Waals surface area contributed by atoms with Crippen molar-refractivity contribution in [3.63, 3.8) is 0 Å². The minimum absolute atomic E-state index is 0.219. The van der Waals surface area contributed by atoms with Crippen LogP contribution < -0.4 is 10.1 Å². The van der Waals surface area contributed by atoms with Crippen LogP contribution in [0, 0.1) is 5.41 Å². The molecule has 0 bridgehead atoms. The van der Waals surface area contributed by atoms with E-state index in [2.05, 4.69) is 10.3 Å². The van der Waals surface area contributed by atoms with Crippen molar-refractivity contribution in [1.82, 2.24) is 4.98 Å². The van der Waals surface area contributed by atoms with Gasteiger partial charge in [0, 0.05) is 17.1 Å². The lowest BCUT2D eigenvalue weighted by molar-refractivity contribution is -0.152. The normalized spacial score (nSPS) is 21.9. The number of aromatic nitrogens is 1. The highest BCUT2D eigenvalue weighted by atomic mass is 16.5. The number of aliphatic hydroxyl groups excluding tert-OH is 1. The minimum atomic E-state index is -0.628. The Morgan fingerprint density at radius 2 is 2.23 bits per heavy atom. The van der Waals surface area contributed by atoms with Gasteiger partial charge in [-0.3, -0.25) is 0 Å². The van der Waals surface area contributed by atoms with Crippen LogP contribution in [-0.2, 0) is 4.74 Å². The second-order valence-corrected chi connectivity index (χ2v) is 6.77. The van der Waals surface area contributed by atoms with Gasteiger partial charge < -0.3 is 24.9 Å². The molecule has 1 aliphatic carbocycles. The Hall–Kier alpha value is -1.72. The minimum Gasteiger partial charge on any atom is -0.490 e. The Morgan fingerprint density at radius 3 is 2.86 bits per heavy atom. The summed E-state index contributed by atoms with van der Waals surface area (Å²) < 4.78 is 11.2. The topological polar surface area (TPSA) is 66.5 Å². The molecule has 1 unspecified atom stereocenters. The molecule has 1 aromatic carbocycles. The summed E-state index contributed by atoms with van der Waals surface area (Å²) in [5.41, 5.74) is 1.71. The Balaban J connectivity index is 1.55. The Bertz CT molecular complexity index is 674. The van der Waals surface area contributed by atoms with Crippen LogP contribution in [0.5, 0.6) is 5.75 Å². The Labute approximate surface area is 129 Å². The van der Waals surface area contributed by atoms with Crippen LogP contribution in [0.15, 0.2) is 24.4 Å². The number of rotatable bonds is 5. The molecule has 118 valence electrons. The van der Waals surface area contributed by atoms with E-state index in [1.54, 1.807) is 0 Å². The summed E-state index contributed by atoms with van der Waals surface area (Å²) in [6, 6.07) is 6.06. The van der Waals surface area contributed by atoms with Crippen LogP contribution in [0.25, 0.3) is 10.9 Å². The zero-order valence-corrected chi connectivity index (χ0v) is 12.8. The molecule has 2 aliphatic rings. The number of aliphatic hydroxyl groups is 1. The highest BCUT2D eigenvalue weighted by Crippen LogP contribution is 2.34. The van der Waals surface area contributed by atoms with Gasteiger partial charge in [-0.05, 0) is 37.5 Å². The second kappa shape index (κ2) is 5.18. The summed E-state index contributed by atoms with van der Waals surface area (Å²) in [6.45, 7) is 3.19. The van der Waals surface area contributed by atoms with Crippen molar-refractivity contribution in [2.24, 2.45) is 5.41 Å². The summed E-state index contributed by atoms with van der Waals surface area (Å²) in [5.74, 6) is 0.896. The largest absolute Gasteiger partial charge is 0.490 e. The third-order valence-corrected chi connectivity index (χ3v) is 4.82. The fraction of sp³-hybridized carbons (Fsp3) is 0.529. The quantitative estimate of drug-likeness (QED) is 0.743. The zero-order chi connectivity index (χ0) is 15.2. The zero-order valence-electron chi connectivity index (χ0n) is 12.8. The highest BCUT2D eigenvalue weighted by Gasteiger charge is 2.41. The number of anilines is 1. The average Bonchev–Trinajstić information content (AvgIpc) is 2.83. The molecule has 0 spiro atoms. The predicted octanol–water partition coefficient (Wildman–Crippen LogP) is 2.87. The Kier molecular flexibility index (Phi) is 3.27. The van der Waals surface area contributed by atoms with Gasteiger partial charge in [0.05, 0.1) is 30.4 Å². The first-order valence-corrected chi connectivity index (χ1v) is 7.94. The molecule has 1 atom stereocenters. The number of benzene rings is 1. The van der Waals surface area contributed by atoms with E-state index in [1.807, 2.05) is 31.3 Å². The lowest BCUT2D eigenvalue weighted by Gasteiger charge is -2.42. The number of ether oxygens (including phenoxy) is 2. The summed E-state index contributed by atoms with van der Waals surface area (Å²) in [6.07, 6.45) is 5.18. The van der Waals surface area contributed by atoms with Gasteiger partial charge in [-0.15, -0.1) is 0 Å². The van der Waals surface area contributed by atoms with Crippen LogP contribution in [0.1, 0.15) is 26.2 Å². The first-order valence-electron chi connectivity index (χ1n) is 7.94. The van der Waals surface area contributed by atoms with Crippen molar-refractivity contribution in [2.45, 2.75) is 38.5 Å². The molecule has 1 saturated heterocycles. The van der Waals surface area contributed by atoms with Crippen molar-refractivity contribution in [3.8, 4) is 5.75 Å². The molecular formula is C17H22N2O3. The fourth-order valence-electron chi connectivity index (χ4n) is 2.88. The molecule has 2 heterocycles. The fourth-order valence-corrected chi connectivity index (χ4v) is 2.88. The van der Waals surface area contributed by atoms with E-state index < -0.39 is 6.23 Å². The van der Waals surface area contributed by atoms with E-state index in [-0.39, 0.29) is 5.41 Å². The molecule has 0 radical (unpaired) electrons. The molecule has 22 heavy (non-hydrogen) atoms. The van der Waals surface area contributed by atoms with Crippen molar-refractivity contribution in [1.29, 1.82) is 0 Å². The molecule has 0 amide bonds. The van der Waals surface area contributed by atoms with Gasteiger partial charge in [-0.1, -0.05) is 6.92 Å². The van der Waals surface area contributed by atoms with Crippen molar-refractivity contribution in [3.05, 3.63) is 24.4 Å². The molecule has 2 aromatic rings. The summed E-state index contributed by atoms with van der Waals surface area (Å²) >= 11 is 0. The molecule has 2 fully saturated rings. The van der Waals surface area contributed by atoms with Gasteiger partial charge >= 0.3 is 0 Å². The third-order valence-electron chi connectivity index (χ3n) is 4.82. The van der Waals surface area contributed by atoms with Gasteiger partial charge in [-0.2, -0.15) is 0 Å². The molecule has 1 saturated carbocycles. The summed E-state index contributed by atoms with van der Waals surface area (Å²) in [7, 11) is 0. The van der Waals surface area contributed by atoms with E-state index in [0.717, 1.165) is 35.2 Å². The van der Waals surface area contributed by atoms with Crippen LogP contribution in [0.4, 0.5) is 5.69 Å². The standard InChI is InChI=1S/C17H22N2O3/c1-17(9-21-10-17)16(20)19-15-8-18-14-6-5-12(7-13(14)15)22-11-3-2-4-11/h5-8,11,16,18-20H,2-4,9-10H2,1H3. The van der Waals surface area contributed by atoms with E-state index in [9.17, 15) is 5.11 Å². The molecular weight excluding hydrogens is 280 g/mol. The van der Waals surface area contributed by atoms with E-state index >= 15 is 0 Å². The highest BCUT2D eigenvalue weighted by molar-refractivity contribution is 5.93. The first kappa shape index (κ1) is 13.9. The van der Waals surface area contributed by atoms with Crippen LogP contribution in [0.3, 0.4) is 0 Å². The van der Waals surface area contributed by atoms with E-state index in [1.165, 1.54) is 6.42 Å². The van der Waals surface area contributed by atoms with Crippen molar-refractivity contribution < 1.29 is 14.6 Å². The van der Waals surface area contributed by atoms with Gasteiger partial charge in [0.2, 0.25) is 0 Å². The maximum Gasteiger partial charge on any atom is 0.134 e. The molecule has 1 aromatic heterocycles. The SMILES string of the molecule is CC1(C(O)Nc2c[nH]c3ccc(OC4CCC4)cc23)COC1. The summed E-state index contributed by atoms with van der Waals surface area (Å²) in [5, 5.41) is 14.6. The van der Waals surface area contributed by atoms with Crippen molar-refractivity contribution >= 4 is 16.6 Å². The van der Waals surface area contributed by atoms with Gasteiger partial charge in [0.25, 0.3) is 0 Å². The van der Waals surface area contributed by atoms with Crippen LogP contribution in [0.2, 0.25) is 0 Å². The number of H-pyrrole nitrogens is 1. The molecule has 5 nitrogen and oxygen atoms in total. The number of nitrogens with one attached hydrogen (secondary N) is 2. The second-order valence-electron chi connectivity index (χ2n) is 6.77. The lowest BCUT2D eigenvalue weighted by Crippen LogP contribution is -2.52. The molecule has 1 aliphatic heterocycles. The summed E-state index contributed by atoms with van der Waals surface area (Å²) in [4.78, 5) is 3.23. The predicted molar refractivity (Wildman–Crippen MR) is 85.1 cm³/mol. The van der Waals surface area contributed by atoms with Gasteiger partial charge in [-0.25, -0.2) is 0 Å². The number of hydrogen-bond acceptors (Lipinski definition) is 4. The molecule has 5 heteroatoms. The van der Waals surface area contributed by atoms with Crippen LogP contribution in [-0.4, -0.2) is 35.6 Å². The van der Waals surface area contributed by atoms with Gasteiger partial charge in [0.15, 0.2) is 0 Å². The van der Waals surface area contributed by atoms with Crippen molar-refractivity contribution in [2.75, 3.05) is 18.5 Å². The maximum absolute atomic E-state index is 10.4. The Morgan fingerprint density at radius 1 is 1.41 bits per heavy atom. The average molecular weight is 302 g/mol. The monoisotopic (exact) mass is 302 g/mol. The third kappa shape index (κ3) is 2.34. The maximum atomic E-state index is 10.4. The smallest absolute Gasteiger partial charge is 0.134 e. The van der Waals surface area contributed by atoms with Gasteiger partial charge in [0.1, 0.15) is 12.0 Å². The number of fused-ring (bicyclic) bond motifs is 1. The lowest BCUT2D eigenvalue weighted by atomic mass is 9.86. The van der Waals surface area contributed by atoms with Crippen LogP contribution >= 0.6 is 0 Å². The molecule has 3 N–H and O–H groups in total. The van der Waals surface area contributed by atoms with E-state index in [4.69, 9.17) is 9.47 Å². The number of hydrogen-bond donors (Lipinski definition) is 3.